The first-order chi connectivity index (χ1) is 10.5. The topological polar surface area (TPSA) is 74.5 Å². The van der Waals surface area contributed by atoms with E-state index in [4.69, 9.17) is 37.2 Å². The van der Waals surface area contributed by atoms with Crippen LogP contribution in [0.2, 0.25) is 10.0 Å². The van der Waals surface area contributed by atoms with E-state index in [9.17, 15) is 4.79 Å². The Balaban J connectivity index is 2.12. The van der Waals surface area contributed by atoms with Crippen molar-refractivity contribution < 1.29 is 18.8 Å². The van der Waals surface area contributed by atoms with Crippen LogP contribution in [0, 0.1) is 0 Å². The number of rotatable bonds is 7. The van der Waals surface area contributed by atoms with Crippen molar-refractivity contribution in [2.24, 2.45) is 0 Å². The zero-order valence-corrected chi connectivity index (χ0v) is 13.6. The first-order valence-corrected chi connectivity index (χ1v) is 7.20. The Kier molecular flexibility index (Phi) is 5.76. The summed E-state index contributed by atoms with van der Waals surface area (Å²) in [5.74, 6) is 0.819. The fourth-order valence-corrected chi connectivity index (χ4v) is 2.10. The number of halogens is 2. The van der Waals surface area contributed by atoms with Crippen LogP contribution < -0.4 is 4.74 Å². The van der Waals surface area contributed by atoms with Gasteiger partial charge in [-0.25, -0.2) is 0 Å². The third-order valence-electron chi connectivity index (χ3n) is 2.81. The van der Waals surface area contributed by atoms with E-state index in [1.165, 1.54) is 6.92 Å². The van der Waals surface area contributed by atoms with E-state index >= 15 is 0 Å². The first-order valence-electron chi connectivity index (χ1n) is 6.45. The first kappa shape index (κ1) is 16.7. The van der Waals surface area contributed by atoms with E-state index in [-0.39, 0.29) is 29.1 Å². The zero-order valence-electron chi connectivity index (χ0n) is 12.1. The third-order valence-corrected chi connectivity index (χ3v) is 3.60. The van der Waals surface area contributed by atoms with Crippen molar-refractivity contribution in [3.05, 3.63) is 39.5 Å². The predicted octanol–water partition coefficient (Wildman–Crippen LogP) is 3.35. The van der Waals surface area contributed by atoms with Gasteiger partial charge in [0.05, 0.1) is 17.2 Å². The van der Waals surface area contributed by atoms with Crippen LogP contribution in [-0.2, 0) is 17.8 Å². The molecule has 2 aromatic rings. The second-order valence-corrected chi connectivity index (χ2v) is 5.22. The summed E-state index contributed by atoms with van der Waals surface area (Å²) in [5.41, 5.74) is 0.341. The smallest absolute Gasteiger partial charge is 0.264 e. The van der Waals surface area contributed by atoms with Crippen LogP contribution in [0.5, 0.6) is 5.75 Å². The molecule has 22 heavy (non-hydrogen) atoms. The number of aromatic nitrogens is 2. The monoisotopic (exact) mass is 344 g/mol. The number of Topliss-reactive ketones (excluding diaryl/α,β-unsaturated/α-hetero) is 1. The highest BCUT2D eigenvalue weighted by Gasteiger charge is 2.17. The van der Waals surface area contributed by atoms with E-state index in [0.717, 1.165) is 0 Å². The molecule has 0 unspecified atom stereocenters. The normalized spacial score (nSPS) is 10.7. The van der Waals surface area contributed by atoms with Gasteiger partial charge in [-0.2, -0.15) is 4.98 Å². The Labute approximate surface area is 137 Å². The summed E-state index contributed by atoms with van der Waals surface area (Å²) in [5, 5.41) is 4.26. The van der Waals surface area contributed by atoms with Crippen molar-refractivity contribution in [2.45, 2.75) is 20.0 Å². The molecule has 0 aliphatic carbocycles. The molecule has 0 fully saturated rings. The lowest BCUT2D eigenvalue weighted by molar-refractivity contribution is 0.101. The van der Waals surface area contributed by atoms with Crippen LogP contribution >= 0.6 is 23.2 Å². The lowest BCUT2D eigenvalue weighted by atomic mass is 10.1. The highest BCUT2D eigenvalue weighted by Crippen LogP contribution is 2.35. The molecule has 0 aliphatic rings. The minimum atomic E-state index is -0.181. The summed E-state index contributed by atoms with van der Waals surface area (Å²) in [6, 6.07) is 3.10. The molecule has 0 spiro atoms. The van der Waals surface area contributed by atoms with Crippen LogP contribution in [0.25, 0.3) is 0 Å². The van der Waals surface area contributed by atoms with Gasteiger partial charge in [-0.15, -0.1) is 0 Å². The molecule has 0 atom stereocenters. The van der Waals surface area contributed by atoms with Crippen LogP contribution in [0.3, 0.4) is 0 Å². The van der Waals surface area contributed by atoms with Crippen molar-refractivity contribution in [1.29, 1.82) is 0 Å². The number of nitrogens with zero attached hydrogens (tertiary/aromatic N) is 2. The third kappa shape index (κ3) is 3.97. The Morgan fingerprint density at radius 3 is 2.82 bits per heavy atom. The van der Waals surface area contributed by atoms with Crippen LogP contribution in [0.15, 0.2) is 16.7 Å². The highest BCUT2D eigenvalue weighted by atomic mass is 35.5. The number of methoxy groups -OCH3 is 1. The van der Waals surface area contributed by atoms with E-state index in [0.29, 0.717) is 29.4 Å². The van der Waals surface area contributed by atoms with Crippen LogP contribution in [-0.4, -0.2) is 29.6 Å². The van der Waals surface area contributed by atoms with E-state index in [1.54, 1.807) is 19.2 Å². The van der Waals surface area contributed by atoms with Gasteiger partial charge in [0.15, 0.2) is 24.0 Å². The van der Waals surface area contributed by atoms with Crippen molar-refractivity contribution in [3.63, 3.8) is 0 Å². The lowest BCUT2D eigenvalue weighted by Crippen LogP contribution is -2.03. The molecule has 0 bridgehead atoms. The fraction of sp³-hybridized carbons (Fsp3) is 0.357. The Bertz CT molecular complexity index is 673. The van der Waals surface area contributed by atoms with Gasteiger partial charge < -0.3 is 14.0 Å². The Hall–Kier alpha value is -1.63. The number of carbonyl (C=O) groups is 1. The van der Waals surface area contributed by atoms with Gasteiger partial charge in [0.2, 0.25) is 0 Å². The van der Waals surface area contributed by atoms with Crippen LogP contribution in [0.1, 0.15) is 29.0 Å². The zero-order chi connectivity index (χ0) is 16.1. The molecular formula is C14H14Cl2N2O4. The van der Waals surface area contributed by atoms with Crippen molar-refractivity contribution in [3.8, 4) is 5.75 Å². The largest absolute Gasteiger partial charge is 0.481 e. The minimum absolute atomic E-state index is 0.0136. The van der Waals surface area contributed by atoms with Gasteiger partial charge >= 0.3 is 0 Å². The summed E-state index contributed by atoms with van der Waals surface area (Å²) < 4.78 is 15.5. The Morgan fingerprint density at radius 1 is 1.36 bits per heavy atom. The molecule has 2 rings (SSSR count). The Morgan fingerprint density at radius 2 is 2.14 bits per heavy atom. The van der Waals surface area contributed by atoms with Gasteiger partial charge in [-0.05, 0) is 19.1 Å². The van der Waals surface area contributed by atoms with Crippen LogP contribution in [0.4, 0.5) is 0 Å². The van der Waals surface area contributed by atoms with Gasteiger partial charge in [-0.3, -0.25) is 4.79 Å². The van der Waals surface area contributed by atoms with E-state index < -0.39 is 0 Å². The fourth-order valence-electron chi connectivity index (χ4n) is 1.73. The molecular weight excluding hydrogens is 331 g/mol. The average Bonchev–Trinajstić information content (AvgIpc) is 2.94. The molecule has 118 valence electrons. The maximum absolute atomic E-state index is 11.6. The van der Waals surface area contributed by atoms with E-state index in [2.05, 4.69) is 10.1 Å². The molecule has 6 nitrogen and oxygen atoms in total. The average molecular weight is 345 g/mol. The number of ether oxygens (including phenoxy) is 2. The maximum atomic E-state index is 11.6. The van der Waals surface area contributed by atoms with Gasteiger partial charge in [-0.1, -0.05) is 28.4 Å². The number of benzene rings is 1. The quantitative estimate of drug-likeness (QED) is 0.717. The number of ketones is 1. The number of carbonyl (C=O) groups excluding carboxylic acids is 1. The summed E-state index contributed by atoms with van der Waals surface area (Å²) in [7, 11) is 1.59. The summed E-state index contributed by atoms with van der Waals surface area (Å²) in [6.07, 6.45) is 0.538. The van der Waals surface area contributed by atoms with Gasteiger partial charge in [0, 0.05) is 13.5 Å². The second kappa shape index (κ2) is 7.58. The molecule has 0 N–H and O–H groups in total. The summed E-state index contributed by atoms with van der Waals surface area (Å²) in [6.45, 7) is 1.90. The van der Waals surface area contributed by atoms with Crippen molar-refractivity contribution >= 4 is 29.0 Å². The molecule has 0 aliphatic heterocycles. The molecule has 0 saturated heterocycles. The minimum Gasteiger partial charge on any atom is -0.481 e. The maximum Gasteiger partial charge on any atom is 0.264 e. The SMILES string of the molecule is COCCc1noc(COc2c(C(C)=O)ccc(Cl)c2Cl)n1. The second-order valence-electron chi connectivity index (χ2n) is 4.43. The molecule has 1 aromatic carbocycles. The van der Waals surface area contributed by atoms with Crippen molar-refractivity contribution in [2.75, 3.05) is 13.7 Å². The standard InChI is InChI=1S/C14H14Cl2N2O4/c1-8(19)9-3-4-10(15)13(16)14(9)21-7-12-17-11(18-22-12)5-6-20-2/h3-4H,5-7H2,1-2H3. The number of hydrogen-bond donors (Lipinski definition) is 0. The van der Waals surface area contributed by atoms with E-state index in [1.807, 2.05) is 0 Å². The highest BCUT2D eigenvalue weighted by molar-refractivity contribution is 6.43. The predicted molar refractivity (Wildman–Crippen MR) is 80.7 cm³/mol. The van der Waals surface area contributed by atoms with Crippen molar-refractivity contribution in [1.82, 2.24) is 10.1 Å². The molecule has 8 heteroatoms. The molecule has 0 radical (unpaired) electrons. The molecule has 0 saturated carbocycles. The molecule has 1 aromatic heterocycles. The lowest BCUT2D eigenvalue weighted by Gasteiger charge is -2.10. The van der Waals surface area contributed by atoms with Gasteiger partial charge in [0.25, 0.3) is 5.89 Å². The number of hydrogen-bond acceptors (Lipinski definition) is 6. The molecule has 1 heterocycles. The summed E-state index contributed by atoms with van der Waals surface area (Å²) >= 11 is 12.0. The summed E-state index contributed by atoms with van der Waals surface area (Å²) in [4.78, 5) is 15.8. The van der Waals surface area contributed by atoms with Gasteiger partial charge in [0.1, 0.15) is 5.02 Å². The molecule has 0 amide bonds.